The van der Waals surface area contributed by atoms with Gasteiger partial charge in [0.15, 0.2) is 0 Å². The van der Waals surface area contributed by atoms with E-state index in [1.165, 1.54) is 0 Å². The topological polar surface area (TPSA) is 62.2 Å². The van der Waals surface area contributed by atoms with Crippen LogP contribution in [0.1, 0.15) is 48.2 Å². The van der Waals surface area contributed by atoms with Crippen LogP contribution < -0.4 is 9.47 Å². The van der Waals surface area contributed by atoms with Gasteiger partial charge in [-0.3, -0.25) is 0 Å². The van der Waals surface area contributed by atoms with E-state index in [1.807, 2.05) is 43.3 Å². The van der Waals surface area contributed by atoms with Crippen molar-refractivity contribution in [1.82, 2.24) is 4.90 Å². The van der Waals surface area contributed by atoms with E-state index in [1.54, 1.807) is 7.11 Å². The lowest BCUT2D eigenvalue weighted by Crippen LogP contribution is -2.51. The van der Waals surface area contributed by atoms with Crippen LogP contribution in [0.25, 0.3) is 0 Å². The van der Waals surface area contributed by atoms with Crippen molar-refractivity contribution in [2.45, 2.75) is 44.0 Å². The average molecular weight is 418 g/mol. The van der Waals surface area contributed by atoms with Gasteiger partial charge in [0, 0.05) is 36.6 Å². The fraction of sp³-hybridized carbons (Fsp3) is 0.478. The highest BCUT2D eigenvalue weighted by atomic mass is 35.5. The molecule has 29 heavy (non-hydrogen) atoms. The molecule has 0 amide bonds. The van der Waals surface area contributed by atoms with E-state index in [4.69, 9.17) is 21.1 Å². The number of nitrogens with zero attached hydrogens (tertiary/aromatic N) is 1. The number of β-amino-alcohol motifs (C(OH)–C–C–N with tert-alkyl or cyclic N) is 1. The number of fused-ring (bicyclic) bond motifs is 1. The van der Waals surface area contributed by atoms with Crippen molar-refractivity contribution in [3.05, 3.63) is 58.1 Å². The van der Waals surface area contributed by atoms with Crippen molar-refractivity contribution >= 4 is 11.6 Å². The number of halogens is 1. The highest BCUT2D eigenvalue weighted by molar-refractivity contribution is 6.31. The lowest BCUT2D eigenvalue weighted by molar-refractivity contribution is -0.0588. The zero-order chi connectivity index (χ0) is 20.6. The summed E-state index contributed by atoms with van der Waals surface area (Å²) in [5, 5.41) is 22.0. The summed E-state index contributed by atoms with van der Waals surface area (Å²) in [6.45, 7) is 4.14. The van der Waals surface area contributed by atoms with E-state index >= 15 is 0 Å². The minimum Gasteiger partial charge on any atom is -0.497 e. The van der Waals surface area contributed by atoms with Gasteiger partial charge < -0.3 is 24.6 Å². The van der Waals surface area contributed by atoms with Crippen molar-refractivity contribution in [2.75, 3.05) is 26.7 Å². The Hall–Kier alpha value is -1.79. The monoisotopic (exact) mass is 417 g/mol. The Labute approximate surface area is 176 Å². The first-order valence-corrected chi connectivity index (χ1v) is 10.5. The van der Waals surface area contributed by atoms with Gasteiger partial charge in [-0.1, -0.05) is 23.7 Å². The van der Waals surface area contributed by atoms with Crippen LogP contribution in [0.5, 0.6) is 11.5 Å². The Kier molecular flexibility index (Phi) is 5.76. The van der Waals surface area contributed by atoms with Crippen molar-refractivity contribution in [1.29, 1.82) is 0 Å². The third kappa shape index (κ3) is 4.24. The number of aliphatic hydroxyl groups excluding tert-OH is 2. The van der Waals surface area contributed by atoms with Crippen LogP contribution in [0.15, 0.2) is 36.4 Å². The summed E-state index contributed by atoms with van der Waals surface area (Å²) in [7, 11) is 1.63. The van der Waals surface area contributed by atoms with Gasteiger partial charge in [0.1, 0.15) is 17.1 Å². The molecule has 2 aliphatic rings. The first kappa shape index (κ1) is 20.5. The number of hydrogen-bond donors (Lipinski definition) is 2. The molecule has 2 N–H and O–H groups in total. The molecular formula is C23H28ClNO4. The zero-order valence-corrected chi connectivity index (χ0v) is 17.7. The van der Waals surface area contributed by atoms with E-state index in [9.17, 15) is 10.2 Å². The molecule has 0 bridgehead atoms. The predicted molar refractivity (Wildman–Crippen MR) is 113 cm³/mol. The molecular weight excluding hydrogens is 390 g/mol. The number of piperidine rings is 1. The second-order valence-electron chi connectivity index (χ2n) is 8.24. The molecule has 156 valence electrons. The molecule has 6 heteroatoms. The first-order valence-electron chi connectivity index (χ1n) is 10.1. The molecule has 0 aliphatic carbocycles. The van der Waals surface area contributed by atoms with Crippen molar-refractivity contribution in [3.63, 3.8) is 0 Å². The van der Waals surface area contributed by atoms with Gasteiger partial charge in [0.2, 0.25) is 0 Å². The fourth-order valence-corrected chi connectivity index (χ4v) is 4.58. The summed E-state index contributed by atoms with van der Waals surface area (Å²) in [6.07, 6.45) is 1.07. The fourth-order valence-electron chi connectivity index (χ4n) is 4.40. The molecule has 2 atom stereocenters. The van der Waals surface area contributed by atoms with Crippen molar-refractivity contribution in [2.24, 2.45) is 0 Å². The van der Waals surface area contributed by atoms with E-state index < -0.39 is 12.2 Å². The predicted octanol–water partition coefficient (Wildman–Crippen LogP) is 4.04. The highest BCUT2D eigenvalue weighted by Gasteiger charge is 2.43. The van der Waals surface area contributed by atoms with Gasteiger partial charge in [-0.15, -0.1) is 0 Å². The molecule has 0 unspecified atom stereocenters. The Morgan fingerprint density at radius 3 is 2.76 bits per heavy atom. The maximum absolute atomic E-state index is 10.7. The summed E-state index contributed by atoms with van der Waals surface area (Å²) in [4.78, 5) is 2.26. The minimum atomic E-state index is -0.567. The number of benzene rings is 2. The number of aryl methyl sites for hydroxylation is 1. The largest absolute Gasteiger partial charge is 0.497 e. The zero-order valence-electron chi connectivity index (χ0n) is 16.9. The smallest absolute Gasteiger partial charge is 0.126 e. The maximum Gasteiger partial charge on any atom is 0.126 e. The minimum absolute atomic E-state index is 0.357. The van der Waals surface area contributed by atoms with Crippen molar-refractivity contribution < 1.29 is 19.7 Å². The van der Waals surface area contributed by atoms with Crippen LogP contribution in [0.3, 0.4) is 0 Å². The summed E-state index contributed by atoms with van der Waals surface area (Å²) in [6, 6.07) is 11.3. The lowest BCUT2D eigenvalue weighted by atomic mass is 9.81. The van der Waals surface area contributed by atoms with Crippen LogP contribution >= 0.6 is 11.6 Å². The molecule has 1 saturated heterocycles. The van der Waals surface area contributed by atoms with Crippen LogP contribution in [-0.2, 0) is 0 Å². The number of methoxy groups -OCH3 is 1. The third-order valence-electron chi connectivity index (χ3n) is 6.22. The summed E-state index contributed by atoms with van der Waals surface area (Å²) < 4.78 is 11.7. The molecule has 4 rings (SSSR count). The molecule has 1 fully saturated rings. The van der Waals surface area contributed by atoms with Crippen LogP contribution in [-0.4, -0.2) is 47.5 Å². The number of rotatable bonds is 4. The van der Waals surface area contributed by atoms with Gasteiger partial charge in [-0.05, 0) is 55.2 Å². The van der Waals surface area contributed by atoms with Gasteiger partial charge in [0.05, 0.1) is 19.3 Å². The summed E-state index contributed by atoms with van der Waals surface area (Å²) in [5.74, 6) is 1.49. The lowest BCUT2D eigenvalue weighted by Gasteiger charge is -2.46. The third-order valence-corrected chi connectivity index (χ3v) is 6.63. The molecule has 2 aromatic rings. The van der Waals surface area contributed by atoms with E-state index in [0.717, 1.165) is 54.1 Å². The highest BCUT2D eigenvalue weighted by Crippen LogP contribution is 2.45. The molecule has 2 aromatic carbocycles. The summed E-state index contributed by atoms with van der Waals surface area (Å²) >= 11 is 6.22. The maximum atomic E-state index is 10.7. The van der Waals surface area contributed by atoms with E-state index in [-0.39, 0.29) is 5.60 Å². The number of likely N-dealkylation sites (tertiary alicyclic amines) is 1. The van der Waals surface area contributed by atoms with E-state index in [2.05, 4.69) is 4.90 Å². The molecule has 1 spiro atoms. The van der Waals surface area contributed by atoms with Gasteiger partial charge in [-0.25, -0.2) is 0 Å². The van der Waals surface area contributed by atoms with Crippen molar-refractivity contribution in [3.8, 4) is 11.5 Å². The Morgan fingerprint density at radius 1 is 1.28 bits per heavy atom. The second kappa shape index (κ2) is 8.15. The molecule has 0 saturated carbocycles. The molecule has 2 aliphatic heterocycles. The first-order chi connectivity index (χ1) is 13.9. The van der Waals surface area contributed by atoms with Crippen LogP contribution in [0, 0.1) is 6.92 Å². The van der Waals surface area contributed by atoms with Gasteiger partial charge in [0.25, 0.3) is 0 Å². The van der Waals surface area contributed by atoms with Gasteiger partial charge >= 0.3 is 0 Å². The Balaban J connectivity index is 1.40. The molecule has 0 radical (unpaired) electrons. The average Bonchev–Trinajstić information content (AvgIpc) is 2.71. The second-order valence-corrected chi connectivity index (χ2v) is 8.64. The standard InChI is InChI=1S/C23H28ClNO4/c1-15-10-22-18(12-19(15)24)20(26)13-23(29-22)6-8-25(9-7-23)14-21(27)16-4-3-5-17(11-16)28-2/h3-5,10-12,20-21,26-27H,6-9,13-14H2,1-2H3/t20-,21-/m1/s1. The van der Waals surface area contributed by atoms with Crippen LogP contribution in [0.4, 0.5) is 0 Å². The Bertz CT molecular complexity index is 879. The molecule has 5 nitrogen and oxygen atoms in total. The van der Waals surface area contributed by atoms with Gasteiger partial charge in [-0.2, -0.15) is 0 Å². The SMILES string of the molecule is COc1cccc([C@H](O)CN2CCC3(CC2)C[C@@H](O)c2cc(Cl)c(C)cc2O3)c1. The Morgan fingerprint density at radius 2 is 2.03 bits per heavy atom. The quantitative estimate of drug-likeness (QED) is 0.786. The van der Waals surface area contributed by atoms with Crippen LogP contribution in [0.2, 0.25) is 5.02 Å². The molecule has 0 aromatic heterocycles. The number of aliphatic hydroxyl groups is 2. The normalized spacial score (nSPS) is 22.0. The van der Waals surface area contributed by atoms with E-state index in [0.29, 0.717) is 18.0 Å². The number of hydrogen-bond acceptors (Lipinski definition) is 5. The summed E-state index contributed by atoms with van der Waals surface area (Å²) in [5.41, 5.74) is 2.23. The number of ether oxygens (including phenoxy) is 2. The molecule has 2 heterocycles.